The van der Waals surface area contributed by atoms with Crippen molar-refractivity contribution in [3.8, 4) is 5.75 Å². The molecule has 0 aromatic heterocycles. The third-order valence-corrected chi connectivity index (χ3v) is 6.55. The molecule has 150 valence electrons. The summed E-state index contributed by atoms with van der Waals surface area (Å²) in [5, 5.41) is 0. The summed E-state index contributed by atoms with van der Waals surface area (Å²) in [7, 11) is -2.24. The van der Waals surface area contributed by atoms with E-state index in [1.807, 2.05) is 11.8 Å². The summed E-state index contributed by atoms with van der Waals surface area (Å²) in [6.07, 6.45) is 1.99. The van der Waals surface area contributed by atoms with Gasteiger partial charge in [0, 0.05) is 18.7 Å². The average Bonchev–Trinajstić information content (AvgIpc) is 2.69. The van der Waals surface area contributed by atoms with Gasteiger partial charge >= 0.3 is 0 Å². The molecule has 1 amide bonds. The molecule has 3 rings (SSSR count). The largest absolute Gasteiger partial charge is 0.497 e. The minimum atomic E-state index is -3.77. The van der Waals surface area contributed by atoms with Crippen LogP contribution in [0.3, 0.4) is 0 Å². The van der Waals surface area contributed by atoms with E-state index in [9.17, 15) is 13.2 Å². The van der Waals surface area contributed by atoms with Gasteiger partial charge in [0.25, 0.3) is 15.9 Å². The standard InChI is InChI=1S/C21H26N2O4S/c1-15-10-12-23(13-11-15)21(24)17-5-4-16(2)20(14-17)22-28(25,26)19-8-6-18(27-3)7-9-19/h4-9,14-15,22H,10-13H2,1-3H3. The summed E-state index contributed by atoms with van der Waals surface area (Å²) in [6, 6.07) is 11.3. The molecule has 1 N–H and O–H groups in total. The average molecular weight is 403 g/mol. The summed E-state index contributed by atoms with van der Waals surface area (Å²) < 4.78 is 33.1. The fourth-order valence-corrected chi connectivity index (χ4v) is 4.34. The molecule has 1 fully saturated rings. The second-order valence-electron chi connectivity index (χ2n) is 7.29. The van der Waals surface area contributed by atoms with E-state index in [4.69, 9.17) is 4.74 Å². The highest BCUT2D eigenvalue weighted by Gasteiger charge is 2.23. The van der Waals surface area contributed by atoms with Crippen molar-refractivity contribution in [2.75, 3.05) is 24.9 Å². The Bertz CT molecular complexity index is 947. The SMILES string of the molecule is COc1ccc(S(=O)(=O)Nc2cc(C(=O)N3CCC(C)CC3)ccc2C)cc1. The van der Waals surface area contributed by atoms with Gasteiger partial charge in [-0.2, -0.15) is 0 Å². The second-order valence-corrected chi connectivity index (χ2v) is 8.97. The quantitative estimate of drug-likeness (QED) is 0.828. The molecule has 0 spiro atoms. The third-order valence-electron chi connectivity index (χ3n) is 5.17. The summed E-state index contributed by atoms with van der Waals surface area (Å²) in [4.78, 5) is 14.8. The summed E-state index contributed by atoms with van der Waals surface area (Å²) in [5.74, 6) is 1.16. The van der Waals surface area contributed by atoms with Crippen molar-refractivity contribution in [3.63, 3.8) is 0 Å². The van der Waals surface area contributed by atoms with E-state index in [1.54, 1.807) is 30.3 Å². The van der Waals surface area contributed by atoms with Gasteiger partial charge < -0.3 is 9.64 Å². The van der Waals surface area contributed by atoms with Crippen LogP contribution >= 0.6 is 0 Å². The number of carbonyl (C=O) groups is 1. The number of nitrogens with zero attached hydrogens (tertiary/aromatic N) is 1. The lowest BCUT2D eigenvalue weighted by Gasteiger charge is -2.30. The Hall–Kier alpha value is -2.54. The third kappa shape index (κ3) is 4.47. The van der Waals surface area contributed by atoms with Crippen molar-refractivity contribution in [1.29, 1.82) is 0 Å². The molecule has 2 aromatic rings. The molecule has 0 bridgehead atoms. The number of aryl methyl sites for hydroxylation is 1. The monoisotopic (exact) mass is 402 g/mol. The molecule has 1 aliphatic heterocycles. The lowest BCUT2D eigenvalue weighted by molar-refractivity contribution is 0.0697. The number of nitrogens with one attached hydrogen (secondary N) is 1. The van der Waals surface area contributed by atoms with E-state index in [-0.39, 0.29) is 10.8 Å². The molecule has 0 aliphatic carbocycles. The van der Waals surface area contributed by atoms with Gasteiger partial charge in [-0.05, 0) is 67.6 Å². The molecule has 0 saturated carbocycles. The van der Waals surface area contributed by atoms with Crippen LogP contribution in [0.25, 0.3) is 0 Å². The molecule has 1 saturated heterocycles. The van der Waals surface area contributed by atoms with Gasteiger partial charge in [-0.25, -0.2) is 8.42 Å². The van der Waals surface area contributed by atoms with Crippen LogP contribution < -0.4 is 9.46 Å². The first-order valence-corrected chi connectivity index (χ1v) is 10.9. The molecule has 7 heteroatoms. The fraction of sp³-hybridized carbons (Fsp3) is 0.381. The molecule has 28 heavy (non-hydrogen) atoms. The first kappa shape index (κ1) is 20.2. The summed E-state index contributed by atoms with van der Waals surface area (Å²) in [5.41, 5.74) is 1.65. The van der Waals surface area contributed by atoms with Gasteiger partial charge in [-0.3, -0.25) is 9.52 Å². The number of hydrogen-bond donors (Lipinski definition) is 1. The van der Waals surface area contributed by atoms with Gasteiger partial charge in [0.15, 0.2) is 0 Å². The van der Waals surface area contributed by atoms with E-state index in [0.717, 1.165) is 31.5 Å². The Kier molecular flexibility index (Phi) is 5.93. The van der Waals surface area contributed by atoms with Crippen LogP contribution in [0.1, 0.15) is 35.7 Å². The maximum absolute atomic E-state index is 12.8. The number of likely N-dealkylation sites (tertiary alicyclic amines) is 1. The molecule has 0 atom stereocenters. The summed E-state index contributed by atoms with van der Waals surface area (Å²) >= 11 is 0. The molecule has 1 heterocycles. The first-order chi connectivity index (χ1) is 13.3. The van der Waals surface area contributed by atoms with Crippen LogP contribution in [-0.4, -0.2) is 39.4 Å². The normalized spacial score (nSPS) is 15.3. The predicted octanol–water partition coefficient (Wildman–Crippen LogP) is 3.68. The smallest absolute Gasteiger partial charge is 0.261 e. The van der Waals surface area contributed by atoms with Gasteiger partial charge in [0.05, 0.1) is 17.7 Å². The molecule has 0 unspecified atom stereocenters. The number of amides is 1. The Balaban J connectivity index is 1.81. The Labute approximate surface area is 166 Å². The maximum atomic E-state index is 12.8. The van der Waals surface area contributed by atoms with Crippen molar-refractivity contribution >= 4 is 21.6 Å². The van der Waals surface area contributed by atoms with Crippen molar-refractivity contribution in [2.45, 2.75) is 31.6 Å². The number of anilines is 1. The van der Waals surface area contributed by atoms with Crippen LogP contribution in [0, 0.1) is 12.8 Å². The molecule has 6 nitrogen and oxygen atoms in total. The molecule has 2 aromatic carbocycles. The lowest BCUT2D eigenvalue weighted by Crippen LogP contribution is -2.37. The maximum Gasteiger partial charge on any atom is 0.261 e. The van der Waals surface area contributed by atoms with Gasteiger partial charge in [-0.1, -0.05) is 13.0 Å². The molecule has 1 aliphatic rings. The second kappa shape index (κ2) is 8.22. The first-order valence-electron chi connectivity index (χ1n) is 9.37. The van der Waals surface area contributed by atoms with Crippen LogP contribution in [-0.2, 0) is 10.0 Å². The van der Waals surface area contributed by atoms with E-state index in [2.05, 4.69) is 11.6 Å². The predicted molar refractivity (Wildman–Crippen MR) is 109 cm³/mol. The van der Waals surface area contributed by atoms with E-state index < -0.39 is 10.0 Å². The van der Waals surface area contributed by atoms with Crippen molar-refractivity contribution in [3.05, 3.63) is 53.6 Å². The highest BCUT2D eigenvalue weighted by atomic mass is 32.2. The van der Waals surface area contributed by atoms with Gasteiger partial charge in [-0.15, -0.1) is 0 Å². The van der Waals surface area contributed by atoms with Crippen LogP contribution in [0.2, 0.25) is 0 Å². The van der Waals surface area contributed by atoms with Crippen molar-refractivity contribution in [1.82, 2.24) is 4.90 Å². The zero-order valence-electron chi connectivity index (χ0n) is 16.4. The minimum Gasteiger partial charge on any atom is -0.497 e. The molecular weight excluding hydrogens is 376 g/mol. The van der Waals surface area contributed by atoms with E-state index in [0.29, 0.717) is 22.9 Å². The Morgan fingerprint density at radius 1 is 1.11 bits per heavy atom. The topological polar surface area (TPSA) is 75.7 Å². The number of methoxy groups -OCH3 is 1. The lowest BCUT2D eigenvalue weighted by atomic mass is 9.98. The zero-order valence-corrected chi connectivity index (χ0v) is 17.3. The Morgan fingerprint density at radius 2 is 1.75 bits per heavy atom. The van der Waals surface area contributed by atoms with E-state index in [1.165, 1.54) is 19.2 Å². The van der Waals surface area contributed by atoms with Crippen LogP contribution in [0.4, 0.5) is 5.69 Å². The summed E-state index contributed by atoms with van der Waals surface area (Å²) in [6.45, 7) is 5.48. The molecule has 0 radical (unpaired) electrons. The zero-order chi connectivity index (χ0) is 20.3. The number of benzene rings is 2. The fourth-order valence-electron chi connectivity index (χ4n) is 3.22. The number of piperidine rings is 1. The molecular formula is C21H26N2O4S. The number of rotatable bonds is 5. The van der Waals surface area contributed by atoms with E-state index >= 15 is 0 Å². The number of hydrogen-bond acceptors (Lipinski definition) is 4. The van der Waals surface area contributed by atoms with Crippen molar-refractivity contribution < 1.29 is 17.9 Å². The highest BCUT2D eigenvalue weighted by molar-refractivity contribution is 7.92. The van der Waals surface area contributed by atoms with Crippen LogP contribution in [0.15, 0.2) is 47.4 Å². The highest BCUT2D eigenvalue weighted by Crippen LogP contribution is 2.24. The van der Waals surface area contributed by atoms with Crippen molar-refractivity contribution in [2.24, 2.45) is 5.92 Å². The van der Waals surface area contributed by atoms with Gasteiger partial charge in [0.2, 0.25) is 0 Å². The van der Waals surface area contributed by atoms with Gasteiger partial charge in [0.1, 0.15) is 5.75 Å². The van der Waals surface area contributed by atoms with Crippen LogP contribution in [0.5, 0.6) is 5.75 Å². The Morgan fingerprint density at radius 3 is 2.36 bits per heavy atom. The number of carbonyl (C=O) groups excluding carboxylic acids is 1. The number of sulfonamides is 1. The minimum absolute atomic E-state index is 0.0585. The number of ether oxygens (including phenoxy) is 1.